The summed E-state index contributed by atoms with van der Waals surface area (Å²) in [6.07, 6.45) is 0. The van der Waals surface area contributed by atoms with Crippen LogP contribution in [0.3, 0.4) is 0 Å². The Morgan fingerprint density at radius 2 is 1.94 bits per heavy atom. The van der Waals surface area contributed by atoms with E-state index in [2.05, 4.69) is 44.7 Å². The highest BCUT2D eigenvalue weighted by Crippen LogP contribution is 2.22. The normalized spacial score (nSPS) is 13.4. The second-order valence-corrected chi connectivity index (χ2v) is 4.83. The molecule has 2 heteroatoms. The fourth-order valence-corrected chi connectivity index (χ4v) is 2.06. The van der Waals surface area contributed by atoms with E-state index in [1.165, 1.54) is 5.56 Å². The van der Waals surface area contributed by atoms with Crippen LogP contribution in [-0.2, 0) is 0 Å². The largest absolute Gasteiger partial charge is 0.399 e. The van der Waals surface area contributed by atoms with Gasteiger partial charge in [0, 0.05) is 18.3 Å². The maximum atomic E-state index is 5.82. The zero-order valence-corrected chi connectivity index (χ0v) is 10.9. The van der Waals surface area contributed by atoms with E-state index in [9.17, 15) is 0 Å². The third-order valence-corrected chi connectivity index (χ3v) is 2.95. The molecule has 1 aromatic rings. The van der Waals surface area contributed by atoms with Gasteiger partial charge in [-0.1, -0.05) is 32.9 Å². The summed E-state index contributed by atoms with van der Waals surface area (Å²) in [5, 5.41) is 0. The first-order chi connectivity index (χ1) is 7.54. The third-order valence-electron chi connectivity index (χ3n) is 2.95. The number of nitrogens with two attached hydrogens (primary N) is 1. The highest BCUT2D eigenvalue weighted by Gasteiger charge is 2.14. The van der Waals surface area contributed by atoms with Crippen LogP contribution >= 0.6 is 0 Å². The molecule has 0 aliphatic carbocycles. The number of nitrogen functional groups attached to an aromatic ring is 1. The van der Waals surface area contributed by atoms with Gasteiger partial charge < -0.3 is 5.73 Å². The van der Waals surface area contributed by atoms with Crippen molar-refractivity contribution in [3.8, 4) is 0 Å². The predicted molar refractivity (Wildman–Crippen MR) is 71.4 cm³/mol. The summed E-state index contributed by atoms with van der Waals surface area (Å²) < 4.78 is 0. The molecule has 1 rings (SSSR count). The Morgan fingerprint density at radius 3 is 2.44 bits per heavy atom. The first-order valence-electron chi connectivity index (χ1n) is 6.14. The average molecular weight is 220 g/mol. The fourth-order valence-electron chi connectivity index (χ4n) is 2.06. The van der Waals surface area contributed by atoms with Crippen LogP contribution in [0.2, 0.25) is 0 Å². The lowest BCUT2D eigenvalue weighted by Gasteiger charge is -2.29. The van der Waals surface area contributed by atoms with E-state index in [1.54, 1.807) is 0 Å². The SMILES string of the molecule is CCN(CC(C)C)C(C)c1cccc(N)c1. The van der Waals surface area contributed by atoms with Crippen molar-refractivity contribution < 1.29 is 0 Å². The van der Waals surface area contributed by atoms with Crippen LogP contribution in [0.4, 0.5) is 5.69 Å². The van der Waals surface area contributed by atoms with Crippen molar-refractivity contribution in [3.63, 3.8) is 0 Å². The second kappa shape index (κ2) is 5.90. The summed E-state index contributed by atoms with van der Waals surface area (Å²) in [4.78, 5) is 2.49. The lowest BCUT2D eigenvalue weighted by molar-refractivity contribution is 0.197. The van der Waals surface area contributed by atoms with Gasteiger partial charge in [-0.15, -0.1) is 0 Å². The van der Waals surface area contributed by atoms with Gasteiger partial charge in [-0.25, -0.2) is 0 Å². The molecule has 0 aliphatic heterocycles. The van der Waals surface area contributed by atoms with Gasteiger partial charge in [0.25, 0.3) is 0 Å². The van der Waals surface area contributed by atoms with Gasteiger partial charge >= 0.3 is 0 Å². The van der Waals surface area contributed by atoms with Crippen molar-refractivity contribution in [1.82, 2.24) is 4.90 Å². The van der Waals surface area contributed by atoms with Crippen molar-refractivity contribution in [2.75, 3.05) is 18.8 Å². The van der Waals surface area contributed by atoms with Crippen LogP contribution in [-0.4, -0.2) is 18.0 Å². The lowest BCUT2D eigenvalue weighted by atomic mass is 10.0. The Morgan fingerprint density at radius 1 is 1.25 bits per heavy atom. The second-order valence-electron chi connectivity index (χ2n) is 4.83. The number of anilines is 1. The molecule has 0 aromatic heterocycles. The van der Waals surface area contributed by atoms with Crippen LogP contribution in [0.5, 0.6) is 0 Å². The van der Waals surface area contributed by atoms with E-state index in [-0.39, 0.29) is 0 Å². The molecule has 1 atom stereocenters. The molecule has 2 nitrogen and oxygen atoms in total. The van der Waals surface area contributed by atoms with Gasteiger partial charge in [-0.2, -0.15) is 0 Å². The van der Waals surface area contributed by atoms with Gasteiger partial charge in [0.1, 0.15) is 0 Å². The van der Waals surface area contributed by atoms with Crippen molar-refractivity contribution in [3.05, 3.63) is 29.8 Å². The monoisotopic (exact) mass is 220 g/mol. The molecular formula is C14H24N2. The quantitative estimate of drug-likeness (QED) is 0.771. The van der Waals surface area contributed by atoms with Crippen LogP contribution in [0, 0.1) is 5.92 Å². The van der Waals surface area contributed by atoms with Crippen molar-refractivity contribution in [2.45, 2.75) is 33.7 Å². The number of hydrogen-bond donors (Lipinski definition) is 1. The minimum atomic E-state index is 0.441. The summed E-state index contributed by atoms with van der Waals surface area (Å²) in [6, 6.07) is 8.65. The van der Waals surface area contributed by atoms with E-state index in [1.807, 2.05) is 12.1 Å². The molecule has 0 fully saturated rings. The molecule has 2 N–H and O–H groups in total. The predicted octanol–water partition coefficient (Wildman–Crippen LogP) is 3.31. The van der Waals surface area contributed by atoms with Gasteiger partial charge in [-0.05, 0) is 37.1 Å². The average Bonchev–Trinajstić information content (AvgIpc) is 2.24. The molecule has 90 valence electrons. The molecule has 16 heavy (non-hydrogen) atoms. The van der Waals surface area contributed by atoms with Crippen molar-refractivity contribution >= 4 is 5.69 Å². The van der Waals surface area contributed by atoms with Gasteiger partial charge in [0.15, 0.2) is 0 Å². The molecular weight excluding hydrogens is 196 g/mol. The van der Waals surface area contributed by atoms with Crippen molar-refractivity contribution in [2.24, 2.45) is 5.92 Å². The molecule has 0 spiro atoms. The minimum Gasteiger partial charge on any atom is -0.399 e. The third kappa shape index (κ3) is 3.53. The first-order valence-corrected chi connectivity index (χ1v) is 6.14. The fraction of sp³-hybridized carbons (Fsp3) is 0.571. The topological polar surface area (TPSA) is 29.3 Å². The first kappa shape index (κ1) is 13.0. The van der Waals surface area contributed by atoms with Crippen LogP contribution in [0.15, 0.2) is 24.3 Å². The Balaban J connectivity index is 2.78. The highest BCUT2D eigenvalue weighted by molar-refractivity contribution is 5.41. The van der Waals surface area contributed by atoms with Crippen molar-refractivity contribution in [1.29, 1.82) is 0 Å². The number of benzene rings is 1. The molecule has 1 unspecified atom stereocenters. The molecule has 1 aromatic carbocycles. The standard InChI is InChI=1S/C14H24N2/c1-5-16(10-11(2)3)12(4)13-7-6-8-14(15)9-13/h6-9,11-12H,5,10,15H2,1-4H3. The van der Waals surface area contributed by atoms with Crippen LogP contribution in [0.25, 0.3) is 0 Å². The summed E-state index contributed by atoms with van der Waals surface area (Å²) in [5.74, 6) is 0.698. The van der Waals surface area contributed by atoms with Crippen LogP contribution in [0.1, 0.15) is 39.3 Å². The zero-order chi connectivity index (χ0) is 12.1. The number of hydrogen-bond acceptors (Lipinski definition) is 2. The van der Waals surface area contributed by atoms with E-state index >= 15 is 0 Å². The smallest absolute Gasteiger partial charge is 0.0320 e. The Hall–Kier alpha value is -1.02. The Labute approximate surface area is 99.5 Å². The molecule has 0 saturated carbocycles. The summed E-state index contributed by atoms with van der Waals surface area (Å²) in [7, 11) is 0. The van der Waals surface area contributed by atoms with Crippen LogP contribution < -0.4 is 5.73 Å². The van der Waals surface area contributed by atoms with E-state index in [4.69, 9.17) is 5.73 Å². The molecule has 0 aliphatic rings. The zero-order valence-electron chi connectivity index (χ0n) is 10.9. The van der Waals surface area contributed by atoms with E-state index in [0.29, 0.717) is 12.0 Å². The molecule has 0 bridgehead atoms. The summed E-state index contributed by atoms with van der Waals surface area (Å²) >= 11 is 0. The Bertz CT molecular complexity index is 320. The molecule has 0 saturated heterocycles. The summed E-state index contributed by atoms with van der Waals surface area (Å²) in [5.41, 5.74) is 7.98. The van der Waals surface area contributed by atoms with Gasteiger partial charge in [0.05, 0.1) is 0 Å². The van der Waals surface area contributed by atoms with E-state index < -0.39 is 0 Å². The maximum Gasteiger partial charge on any atom is 0.0320 e. The number of nitrogens with zero attached hydrogens (tertiary/aromatic N) is 1. The Kier molecular flexibility index (Phi) is 4.81. The molecule has 0 radical (unpaired) electrons. The summed E-state index contributed by atoms with van der Waals surface area (Å²) in [6.45, 7) is 11.2. The highest BCUT2D eigenvalue weighted by atomic mass is 15.1. The molecule has 0 amide bonds. The van der Waals surface area contributed by atoms with Gasteiger partial charge in [0.2, 0.25) is 0 Å². The lowest BCUT2D eigenvalue weighted by Crippen LogP contribution is -2.30. The maximum absolute atomic E-state index is 5.82. The van der Waals surface area contributed by atoms with Gasteiger partial charge in [-0.3, -0.25) is 4.90 Å². The minimum absolute atomic E-state index is 0.441. The number of rotatable bonds is 5. The molecule has 0 heterocycles. The van der Waals surface area contributed by atoms with E-state index in [0.717, 1.165) is 18.8 Å².